The molecule has 0 saturated carbocycles. The van der Waals surface area contributed by atoms with Crippen LogP contribution in [-0.2, 0) is 35.6 Å². The number of carbonyl (C=O) groups is 3. The number of fused-ring (bicyclic) bond motifs is 1. The van der Waals surface area contributed by atoms with Gasteiger partial charge in [-0.1, -0.05) is 12.1 Å². The number of benzene rings is 1. The first-order chi connectivity index (χ1) is 14.1. The van der Waals surface area contributed by atoms with Crippen LogP contribution >= 0.6 is 0 Å². The molecule has 1 atom stereocenters. The van der Waals surface area contributed by atoms with Crippen molar-refractivity contribution in [2.45, 2.75) is 44.9 Å². The zero-order chi connectivity index (χ0) is 20.4. The highest BCUT2D eigenvalue weighted by Crippen LogP contribution is 2.29. The van der Waals surface area contributed by atoms with Crippen molar-refractivity contribution in [3.63, 3.8) is 0 Å². The van der Waals surface area contributed by atoms with E-state index in [0.29, 0.717) is 44.6 Å². The topological polar surface area (TPSA) is 131 Å². The van der Waals surface area contributed by atoms with Crippen LogP contribution in [0.5, 0.6) is 0 Å². The summed E-state index contributed by atoms with van der Waals surface area (Å²) in [4.78, 5) is 42.2. The van der Waals surface area contributed by atoms with Crippen molar-refractivity contribution in [1.82, 2.24) is 20.5 Å². The van der Waals surface area contributed by atoms with Gasteiger partial charge in [0, 0.05) is 38.0 Å². The number of carbonyl (C=O) groups excluding carboxylic acids is 3. The third-order valence-electron chi connectivity index (χ3n) is 5.38. The lowest BCUT2D eigenvalue weighted by Gasteiger charge is -2.29. The fourth-order valence-electron chi connectivity index (χ4n) is 3.90. The average molecular weight is 397 g/mol. The molecule has 4 N–H and O–H groups in total. The quantitative estimate of drug-likeness (QED) is 0.570. The van der Waals surface area contributed by atoms with Crippen LogP contribution in [0, 0.1) is 0 Å². The summed E-state index contributed by atoms with van der Waals surface area (Å²) in [6.45, 7) is 1.93. The summed E-state index contributed by atoms with van der Waals surface area (Å²) in [6.07, 6.45) is 2.65. The van der Waals surface area contributed by atoms with Crippen molar-refractivity contribution in [1.29, 1.82) is 0 Å². The molecule has 0 aliphatic carbocycles. The van der Waals surface area contributed by atoms with E-state index in [-0.39, 0.29) is 18.2 Å². The van der Waals surface area contributed by atoms with E-state index in [2.05, 4.69) is 15.6 Å². The summed E-state index contributed by atoms with van der Waals surface area (Å²) in [5, 5.41) is 5.66. The first-order valence-corrected chi connectivity index (χ1v) is 9.66. The number of oxazole rings is 1. The molecule has 9 heteroatoms. The lowest BCUT2D eigenvalue weighted by Crippen LogP contribution is -2.52. The Labute approximate surface area is 167 Å². The van der Waals surface area contributed by atoms with Gasteiger partial charge in [-0.05, 0) is 30.2 Å². The van der Waals surface area contributed by atoms with E-state index in [9.17, 15) is 14.4 Å². The molecule has 4 rings (SSSR count). The van der Waals surface area contributed by atoms with Crippen molar-refractivity contribution < 1.29 is 18.8 Å². The third-order valence-corrected chi connectivity index (χ3v) is 5.38. The van der Waals surface area contributed by atoms with Gasteiger partial charge in [0.1, 0.15) is 11.8 Å². The fourth-order valence-corrected chi connectivity index (χ4v) is 3.90. The molecule has 1 aromatic carbocycles. The van der Waals surface area contributed by atoms with Crippen molar-refractivity contribution in [2.24, 2.45) is 5.73 Å². The van der Waals surface area contributed by atoms with Crippen molar-refractivity contribution >= 4 is 17.7 Å². The summed E-state index contributed by atoms with van der Waals surface area (Å²) in [6, 6.07) is 4.99. The van der Waals surface area contributed by atoms with Gasteiger partial charge in [0.25, 0.3) is 5.91 Å². The molecule has 0 radical (unpaired) electrons. The number of piperidine rings is 1. The Kier molecular flexibility index (Phi) is 5.41. The van der Waals surface area contributed by atoms with Crippen LogP contribution in [0.3, 0.4) is 0 Å². The van der Waals surface area contributed by atoms with Gasteiger partial charge in [0.15, 0.2) is 6.39 Å². The van der Waals surface area contributed by atoms with Gasteiger partial charge in [-0.25, -0.2) is 4.98 Å². The number of nitrogens with two attached hydrogens (primary N) is 1. The van der Waals surface area contributed by atoms with E-state index in [1.807, 2.05) is 12.1 Å². The monoisotopic (exact) mass is 397 g/mol. The summed E-state index contributed by atoms with van der Waals surface area (Å²) >= 11 is 0. The van der Waals surface area contributed by atoms with E-state index in [1.54, 1.807) is 11.0 Å². The summed E-state index contributed by atoms with van der Waals surface area (Å²) in [7, 11) is 0. The fraction of sp³-hybridized carbons (Fsp3) is 0.400. The average Bonchev–Trinajstić information content (AvgIpc) is 3.28. The van der Waals surface area contributed by atoms with Crippen LogP contribution in [-0.4, -0.2) is 40.2 Å². The molecule has 3 heterocycles. The molecule has 1 aromatic heterocycles. The predicted octanol–water partition coefficient (Wildman–Crippen LogP) is 0.227. The Morgan fingerprint density at radius 1 is 1.28 bits per heavy atom. The van der Waals surface area contributed by atoms with Gasteiger partial charge < -0.3 is 20.4 Å². The molecule has 0 bridgehead atoms. The molecule has 29 heavy (non-hydrogen) atoms. The Morgan fingerprint density at radius 3 is 2.93 bits per heavy atom. The molecule has 9 nitrogen and oxygen atoms in total. The van der Waals surface area contributed by atoms with Gasteiger partial charge in [-0.3, -0.25) is 19.7 Å². The maximum absolute atomic E-state index is 12.9. The van der Waals surface area contributed by atoms with Crippen LogP contribution in [0.4, 0.5) is 0 Å². The molecule has 1 unspecified atom stereocenters. The second-order valence-corrected chi connectivity index (χ2v) is 7.21. The Morgan fingerprint density at radius 2 is 2.14 bits per heavy atom. The number of nitrogens with zero attached hydrogens (tertiary/aromatic N) is 2. The summed E-state index contributed by atoms with van der Waals surface area (Å²) in [5.74, 6) is -0.0849. The maximum atomic E-state index is 12.9. The molecule has 1 saturated heterocycles. The lowest BCUT2D eigenvalue weighted by molar-refractivity contribution is -0.136. The zero-order valence-corrected chi connectivity index (χ0v) is 15.9. The molecule has 152 valence electrons. The van der Waals surface area contributed by atoms with Crippen LogP contribution in [0.2, 0.25) is 0 Å². The highest BCUT2D eigenvalue weighted by Gasteiger charge is 2.39. The minimum absolute atomic E-state index is 0.168. The molecule has 0 spiro atoms. The van der Waals surface area contributed by atoms with Crippen LogP contribution < -0.4 is 16.4 Å². The predicted molar refractivity (Wildman–Crippen MR) is 102 cm³/mol. The largest absolute Gasteiger partial charge is 0.448 e. The van der Waals surface area contributed by atoms with Crippen LogP contribution in [0.1, 0.15) is 45.8 Å². The van der Waals surface area contributed by atoms with Gasteiger partial charge in [-0.15, -0.1) is 0 Å². The second kappa shape index (κ2) is 8.14. The number of imide groups is 1. The van der Waals surface area contributed by atoms with Gasteiger partial charge in [-0.2, -0.15) is 0 Å². The molecule has 2 aliphatic heterocycles. The minimum Gasteiger partial charge on any atom is -0.448 e. The van der Waals surface area contributed by atoms with E-state index in [0.717, 1.165) is 22.6 Å². The number of hydrogen-bond donors (Lipinski definition) is 3. The van der Waals surface area contributed by atoms with Crippen molar-refractivity contribution in [3.05, 3.63) is 52.7 Å². The molecule has 2 aliphatic rings. The SMILES string of the molecule is NCCc1ocnc1CNCc1cccc2c1CN(C1CCC(=O)NC1=O)C2=O. The number of hydrogen-bond acceptors (Lipinski definition) is 7. The summed E-state index contributed by atoms with van der Waals surface area (Å²) in [5.41, 5.74) is 8.93. The number of amides is 3. The number of nitrogens with one attached hydrogen (secondary N) is 2. The first kappa shape index (κ1) is 19.3. The number of rotatable bonds is 7. The van der Waals surface area contributed by atoms with Crippen molar-refractivity contribution in [3.8, 4) is 0 Å². The van der Waals surface area contributed by atoms with E-state index in [1.165, 1.54) is 6.39 Å². The number of aromatic nitrogens is 1. The molecular weight excluding hydrogens is 374 g/mol. The van der Waals surface area contributed by atoms with Gasteiger partial charge >= 0.3 is 0 Å². The third kappa shape index (κ3) is 3.79. The molecule has 3 amide bonds. The van der Waals surface area contributed by atoms with E-state index < -0.39 is 11.9 Å². The van der Waals surface area contributed by atoms with Gasteiger partial charge in [0.05, 0.1) is 5.69 Å². The molecule has 2 aromatic rings. The Bertz CT molecular complexity index is 954. The Balaban J connectivity index is 1.45. The van der Waals surface area contributed by atoms with Gasteiger partial charge in [0.2, 0.25) is 11.8 Å². The summed E-state index contributed by atoms with van der Waals surface area (Å²) < 4.78 is 5.35. The lowest BCUT2D eigenvalue weighted by atomic mass is 10.0. The van der Waals surface area contributed by atoms with Crippen LogP contribution in [0.15, 0.2) is 29.0 Å². The second-order valence-electron chi connectivity index (χ2n) is 7.21. The van der Waals surface area contributed by atoms with E-state index >= 15 is 0 Å². The zero-order valence-electron chi connectivity index (χ0n) is 15.9. The smallest absolute Gasteiger partial charge is 0.255 e. The molecular formula is C20H23N5O4. The first-order valence-electron chi connectivity index (χ1n) is 9.66. The van der Waals surface area contributed by atoms with E-state index in [4.69, 9.17) is 10.2 Å². The van der Waals surface area contributed by atoms with Crippen LogP contribution in [0.25, 0.3) is 0 Å². The standard InChI is InChI=1S/C20H23N5O4/c21-7-6-17-15(23-11-29-17)9-22-8-12-2-1-3-13-14(12)10-25(20(13)28)16-4-5-18(26)24-19(16)27/h1-3,11,16,22H,4-10,21H2,(H,24,26,27). The highest BCUT2D eigenvalue weighted by molar-refractivity contribution is 6.05. The Hall–Kier alpha value is -3.04. The highest BCUT2D eigenvalue weighted by atomic mass is 16.3. The molecule has 1 fully saturated rings. The van der Waals surface area contributed by atoms with Crippen molar-refractivity contribution in [2.75, 3.05) is 6.54 Å². The maximum Gasteiger partial charge on any atom is 0.255 e. The minimum atomic E-state index is -0.609. The normalized spacial score (nSPS) is 18.9.